The quantitative estimate of drug-likeness (QED) is 0.666. The first-order chi connectivity index (χ1) is 5.73. The van der Waals surface area contributed by atoms with Gasteiger partial charge in [0.15, 0.2) is 0 Å². The van der Waals surface area contributed by atoms with E-state index < -0.39 is 11.5 Å². The third-order valence-corrected chi connectivity index (χ3v) is 2.92. The average Bonchev–Trinajstić information content (AvgIpc) is 2.66. The summed E-state index contributed by atoms with van der Waals surface area (Å²) >= 11 is 0. The van der Waals surface area contributed by atoms with Crippen LogP contribution in [0, 0.1) is 0 Å². The minimum absolute atomic E-state index is 0.499. The number of carboxylic acid groups (broad SMARTS) is 1. The maximum absolute atomic E-state index is 11.0. The van der Waals surface area contributed by atoms with E-state index in [1.165, 1.54) is 0 Å². The Balaban J connectivity index is 2.03. The second-order valence-corrected chi connectivity index (χ2v) is 4.01. The molecule has 0 bridgehead atoms. The van der Waals surface area contributed by atoms with Crippen molar-refractivity contribution in [1.29, 1.82) is 0 Å². The monoisotopic (exact) mass is 169 g/mol. The molecule has 2 rings (SSSR count). The minimum Gasteiger partial charge on any atom is -0.480 e. The Hall–Kier alpha value is -0.570. The lowest BCUT2D eigenvalue weighted by atomic mass is 9.98. The fourth-order valence-corrected chi connectivity index (χ4v) is 2.02. The van der Waals surface area contributed by atoms with Crippen LogP contribution in [-0.4, -0.2) is 22.7 Å². The molecule has 0 atom stereocenters. The van der Waals surface area contributed by atoms with E-state index in [9.17, 15) is 4.79 Å². The zero-order valence-corrected chi connectivity index (χ0v) is 7.18. The van der Waals surface area contributed by atoms with Gasteiger partial charge in [-0.3, -0.25) is 10.1 Å². The summed E-state index contributed by atoms with van der Waals surface area (Å²) in [6.45, 7) is 0. The Kier molecular flexibility index (Phi) is 1.83. The van der Waals surface area contributed by atoms with Crippen LogP contribution in [0.15, 0.2) is 0 Å². The predicted molar refractivity (Wildman–Crippen MR) is 45.0 cm³/mol. The van der Waals surface area contributed by atoms with Gasteiger partial charge in [-0.1, -0.05) is 12.8 Å². The molecule has 0 unspecified atom stereocenters. The van der Waals surface area contributed by atoms with Gasteiger partial charge >= 0.3 is 5.97 Å². The standard InChI is InChI=1S/C9H15NO2/c11-8(12)9(5-1-2-6-9)10-7-3-4-7/h7,10H,1-6H2,(H,11,12). The van der Waals surface area contributed by atoms with Crippen LogP contribution in [0.5, 0.6) is 0 Å². The summed E-state index contributed by atoms with van der Waals surface area (Å²) in [5, 5.41) is 12.3. The first kappa shape index (κ1) is 8.05. The average molecular weight is 169 g/mol. The molecular formula is C9H15NO2. The van der Waals surface area contributed by atoms with Crippen molar-refractivity contribution in [2.24, 2.45) is 0 Å². The zero-order chi connectivity index (χ0) is 8.60. The maximum Gasteiger partial charge on any atom is 0.323 e. The van der Waals surface area contributed by atoms with Gasteiger partial charge in [-0.2, -0.15) is 0 Å². The van der Waals surface area contributed by atoms with Gasteiger partial charge in [0.2, 0.25) is 0 Å². The highest BCUT2D eigenvalue weighted by molar-refractivity contribution is 5.79. The molecule has 0 aromatic rings. The Morgan fingerprint density at radius 1 is 1.33 bits per heavy atom. The molecular weight excluding hydrogens is 154 g/mol. The molecule has 3 heteroatoms. The predicted octanol–water partition coefficient (Wildman–Crippen LogP) is 1.14. The summed E-state index contributed by atoms with van der Waals surface area (Å²) < 4.78 is 0. The molecule has 0 aromatic carbocycles. The van der Waals surface area contributed by atoms with Crippen LogP contribution in [0.4, 0.5) is 0 Å². The van der Waals surface area contributed by atoms with E-state index in [4.69, 9.17) is 5.11 Å². The van der Waals surface area contributed by atoms with E-state index in [2.05, 4.69) is 5.32 Å². The summed E-state index contributed by atoms with van der Waals surface area (Å²) in [6, 6.07) is 0.499. The highest BCUT2D eigenvalue weighted by Gasteiger charge is 2.44. The molecule has 3 nitrogen and oxygen atoms in total. The number of carbonyl (C=O) groups is 1. The largest absolute Gasteiger partial charge is 0.480 e. The maximum atomic E-state index is 11.0. The molecule has 0 amide bonds. The van der Waals surface area contributed by atoms with Crippen molar-refractivity contribution in [3.05, 3.63) is 0 Å². The first-order valence-corrected chi connectivity index (χ1v) is 4.74. The van der Waals surface area contributed by atoms with Crippen molar-refractivity contribution in [3.63, 3.8) is 0 Å². The number of aliphatic carboxylic acids is 1. The molecule has 12 heavy (non-hydrogen) atoms. The number of hydrogen-bond donors (Lipinski definition) is 2. The molecule has 2 saturated carbocycles. The molecule has 68 valence electrons. The number of hydrogen-bond acceptors (Lipinski definition) is 2. The molecule has 2 aliphatic carbocycles. The van der Waals surface area contributed by atoms with Gasteiger partial charge in [0.1, 0.15) is 5.54 Å². The van der Waals surface area contributed by atoms with Crippen molar-refractivity contribution in [2.75, 3.05) is 0 Å². The van der Waals surface area contributed by atoms with Crippen LogP contribution in [-0.2, 0) is 4.79 Å². The second-order valence-electron chi connectivity index (χ2n) is 4.01. The normalized spacial score (nSPS) is 27.3. The van der Waals surface area contributed by atoms with Crippen LogP contribution in [0.3, 0.4) is 0 Å². The third-order valence-electron chi connectivity index (χ3n) is 2.92. The highest BCUT2D eigenvalue weighted by atomic mass is 16.4. The van der Waals surface area contributed by atoms with Crippen molar-refractivity contribution in [1.82, 2.24) is 5.32 Å². The Morgan fingerprint density at radius 3 is 2.33 bits per heavy atom. The van der Waals surface area contributed by atoms with Gasteiger partial charge in [0.05, 0.1) is 0 Å². The van der Waals surface area contributed by atoms with Crippen LogP contribution >= 0.6 is 0 Å². The third kappa shape index (κ3) is 1.33. The summed E-state index contributed by atoms with van der Waals surface area (Å²) in [4.78, 5) is 11.0. The van der Waals surface area contributed by atoms with Crippen LogP contribution in [0.25, 0.3) is 0 Å². The molecule has 2 fully saturated rings. The van der Waals surface area contributed by atoms with Crippen molar-refractivity contribution in [2.45, 2.75) is 50.1 Å². The molecule has 0 spiro atoms. The molecule has 0 saturated heterocycles. The highest BCUT2D eigenvalue weighted by Crippen LogP contribution is 2.33. The smallest absolute Gasteiger partial charge is 0.323 e. The molecule has 0 heterocycles. The lowest BCUT2D eigenvalue weighted by Gasteiger charge is -2.25. The van der Waals surface area contributed by atoms with E-state index in [-0.39, 0.29) is 0 Å². The van der Waals surface area contributed by atoms with Gasteiger partial charge in [-0.15, -0.1) is 0 Å². The van der Waals surface area contributed by atoms with Crippen molar-refractivity contribution >= 4 is 5.97 Å². The van der Waals surface area contributed by atoms with Crippen molar-refractivity contribution < 1.29 is 9.90 Å². The Morgan fingerprint density at radius 2 is 1.92 bits per heavy atom. The van der Waals surface area contributed by atoms with Gasteiger partial charge in [-0.25, -0.2) is 0 Å². The Labute approximate surface area is 72.2 Å². The summed E-state index contributed by atoms with van der Waals surface area (Å²) in [5.41, 5.74) is -0.554. The van der Waals surface area contributed by atoms with E-state index in [1.54, 1.807) is 0 Å². The number of rotatable bonds is 3. The SMILES string of the molecule is O=C(O)C1(NC2CC2)CCCC1. The molecule has 2 aliphatic rings. The summed E-state index contributed by atoms with van der Waals surface area (Å²) in [5.74, 6) is -0.646. The van der Waals surface area contributed by atoms with Crippen molar-refractivity contribution in [3.8, 4) is 0 Å². The van der Waals surface area contributed by atoms with Gasteiger partial charge in [-0.05, 0) is 25.7 Å². The van der Waals surface area contributed by atoms with Gasteiger partial charge in [0.25, 0.3) is 0 Å². The van der Waals surface area contributed by atoms with Crippen LogP contribution < -0.4 is 5.32 Å². The first-order valence-electron chi connectivity index (χ1n) is 4.74. The Bertz CT molecular complexity index is 193. The number of carboxylic acids is 1. The van der Waals surface area contributed by atoms with Gasteiger partial charge in [0, 0.05) is 6.04 Å². The molecule has 2 N–H and O–H groups in total. The fraction of sp³-hybridized carbons (Fsp3) is 0.889. The fourth-order valence-electron chi connectivity index (χ4n) is 2.02. The van der Waals surface area contributed by atoms with E-state index in [0.717, 1.165) is 38.5 Å². The van der Waals surface area contributed by atoms with E-state index >= 15 is 0 Å². The summed E-state index contributed by atoms with van der Waals surface area (Å²) in [7, 11) is 0. The van der Waals surface area contributed by atoms with E-state index in [1.807, 2.05) is 0 Å². The lowest BCUT2D eigenvalue weighted by molar-refractivity contribution is -0.144. The van der Waals surface area contributed by atoms with Gasteiger partial charge < -0.3 is 5.11 Å². The van der Waals surface area contributed by atoms with Crippen LogP contribution in [0.2, 0.25) is 0 Å². The van der Waals surface area contributed by atoms with Crippen LogP contribution in [0.1, 0.15) is 38.5 Å². The topological polar surface area (TPSA) is 49.3 Å². The second kappa shape index (κ2) is 2.73. The lowest BCUT2D eigenvalue weighted by Crippen LogP contribution is -2.50. The number of nitrogens with one attached hydrogen (secondary N) is 1. The molecule has 0 radical (unpaired) electrons. The molecule has 0 aliphatic heterocycles. The summed E-state index contributed by atoms with van der Waals surface area (Å²) in [6.07, 6.45) is 6.08. The zero-order valence-electron chi connectivity index (χ0n) is 7.18. The van der Waals surface area contributed by atoms with E-state index in [0.29, 0.717) is 6.04 Å². The minimum atomic E-state index is -0.646. The molecule has 0 aromatic heterocycles.